The number of hydrogen-bond acceptors (Lipinski definition) is 4. The van der Waals surface area contributed by atoms with E-state index in [0.717, 1.165) is 62.8 Å². The second-order valence-electron chi connectivity index (χ2n) is 11.6. The van der Waals surface area contributed by atoms with Crippen molar-refractivity contribution < 1.29 is 4.79 Å². The van der Waals surface area contributed by atoms with Crippen molar-refractivity contribution in [2.24, 2.45) is 18.5 Å². The first kappa shape index (κ1) is 30.3. The van der Waals surface area contributed by atoms with Crippen LogP contribution in [0.15, 0.2) is 109 Å². The second-order valence-corrected chi connectivity index (χ2v) is 11.6. The summed E-state index contributed by atoms with van der Waals surface area (Å²) in [6, 6.07) is 35.8. The van der Waals surface area contributed by atoms with Crippen LogP contribution in [0.25, 0.3) is 21.8 Å². The molecular formula is C38H37N7O. The van der Waals surface area contributed by atoms with Crippen molar-refractivity contribution in [3.8, 4) is 0 Å². The van der Waals surface area contributed by atoms with Gasteiger partial charge in [-0.15, -0.1) is 0 Å². The highest BCUT2D eigenvalue weighted by atomic mass is 16.2. The van der Waals surface area contributed by atoms with Crippen LogP contribution in [0.3, 0.4) is 0 Å². The lowest BCUT2D eigenvalue weighted by Crippen LogP contribution is -2.30. The maximum Gasteiger partial charge on any atom is 0.227 e. The molecule has 1 amide bonds. The summed E-state index contributed by atoms with van der Waals surface area (Å²) in [4.78, 5) is 20.9. The average Bonchev–Trinajstić information content (AvgIpc) is 3.39. The smallest absolute Gasteiger partial charge is 0.227 e. The molecule has 8 heteroatoms. The van der Waals surface area contributed by atoms with Crippen molar-refractivity contribution >= 4 is 45.1 Å². The van der Waals surface area contributed by atoms with Gasteiger partial charge in [-0.1, -0.05) is 84.9 Å². The van der Waals surface area contributed by atoms with Crippen molar-refractivity contribution in [2.75, 3.05) is 4.90 Å². The van der Waals surface area contributed by atoms with E-state index in [4.69, 9.17) is 27.3 Å². The van der Waals surface area contributed by atoms with Crippen LogP contribution < -0.4 is 16.4 Å². The van der Waals surface area contributed by atoms with E-state index in [0.29, 0.717) is 30.5 Å². The number of aryl methyl sites for hydroxylation is 4. The third-order valence-electron chi connectivity index (χ3n) is 8.55. The fraction of sp³-hybridized carbons (Fsp3) is 0.158. The summed E-state index contributed by atoms with van der Waals surface area (Å²) in [5.41, 5.74) is 18.5. The van der Waals surface area contributed by atoms with Gasteiger partial charge in [0, 0.05) is 36.7 Å². The predicted molar refractivity (Wildman–Crippen MR) is 186 cm³/mol. The van der Waals surface area contributed by atoms with Gasteiger partial charge in [-0.25, -0.2) is 4.98 Å². The molecular weight excluding hydrogens is 570 g/mol. The van der Waals surface area contributed by atoms with Gasteiger partial charge in [0.2, 0.25) is 5.91 Å². The molecule has 1 heterocycles. The number of amides is 1. The molecule has 46 heavy (non-hydrogen) atoms. The summed E-state index contributed by atoms with van der Waals surface area (Å²) in [5.74, 6) is 1.04. The zero-order valence-corrected chi connectivity index (χ0v) is 25.8. The third-order valence-corrected chi connectivity index (χ3v) is 8.55. The molecule has 0 atom stereocenters. The minimum absolute atomic E-state index is 0.00525. The molecule has 0 radical (unpaired) electrons. The standard InChI is InChI=1S/C38H37N7O/c1-44-34-19-18-31(23-33(34)43-35(44)20-14-25-12-16-28(17-13-25)37(39)40)45(24-30-10-5-8-27-7-2-3-11-32(27)30)36(46)21-15-26-6-4-9-29(22-26)38(41)42/h2-13,16-19,22-23H,14-15,20-21,24H2,1H3,(H3,39,40)(H3,41,42). The molecule has 8 nitrogen and oxygen atoms in total. The SMILES string of the molecule is Cn1c(CCc2ccc(C(=N)N)cc2)nc2cc(N(Cc3cccc4ccccc34)C(=O)CCc3cccc(C(=N)N)c3)ccc21. The topological polar surface area (TPSA) is 138 Å². The minimum atomic E-state index is 0.00525. The number of amidine groups is 2. The molecule has 0 fully saturated rings. The first-order chi connectivity index (χ1) is 22.3. The van der Waals surface area contributed by atoms with E-state index in [-0.39, 0.29) is 17.6 Å². The van der Waals surface area contributed by atoms with Crippen molar-refractivity contribution in [2.45, 2.75) is 32.2 Å². The summed E-state index contributed by atoms with van der Waals surface area (Å²) in [5, 5.41) is 17.6. The highest BCUT2D eigenvalue weighted by Gasteiger charge is 2.20. The van der Waals surface area contributed by atoms with E-state index in [2.05, 4.69) is 28.8 Å². The van der Waals surface area contributed by atoms with E-state index in [1.165, 1.54) is 0 Å². The maximum atomic E-state index is 14.0. The molecule has 5 aromatic carbocycles. The third kappa shape index (κ3) is 6.51. The normalized spacial score (nSPS) is 11.2. The number of nitrogens with two attached hydrogens (primary N) is 2. The van der Waals surface area contributed by atoms with Crippen molar-refractivity contribution in [1.82, 2.24) is 9.55 Å². The molecule has 6 aromatic rings. The Bertz CT molecular complexity index is 2070. The zero-order valence-electron chi connectivity index (χ0n) is 25.8. The Morgan fingerprint density at radius 1 is 0.761 bits per heavy atom. The number of nitrogens with zero attached hydrogens (tertiary/aromatic N) is 3. The molecule has 0 aliphatic carbocycles. The van der Waals surface area contributed by atoms with Crippen molar-refractivity contribution in [3.63, 3.8) is 0 Å². The van der Waals surface area contributed by atoms with Gasteiger partial charge in [-0.3, -0.25) is 15.6 Å². The van der Waals surface area contributed by atoms with Gasteiger partial charge in [0.15, 0.2) is 0 Å². The molecule has 6 N–H and O–H groups in total. The van der Waals surface area contributed by atoms with Crippen LogP contribution in [0.4, 0.5) is 5.69 Å². The Hall–Kier alpha value is -5.76. The molecule has 230 valence electrons. The number of carbonyl (C=O) groups excluding carboxylic acids is 1. The van der Waals surface area contributed by atoms with Gasteiger partial charge in [0.1, 0.15) is 17.5 Å². The van der Waals surface area contributed by atoms with Gasteiger partial charge in [0.25, 0.3) is 0 Å². The van der Waals surface area contributed by atoms with Crippen LogP contribution >= 0.6 is 0 Å². The Morgan fingerprint density at radius 3 is 2.28 bits per heavy atom. The number of imidazole rings is 1. The number of nitrogen functional groups attached to an aromatic ring is 2. The Balaban J connectivity index is 1.29. The molecule has 0 saturated heterocycles. The first-order valence-corrected chi connectivity index (χ1v) is 15.4. The summed E-state index contributed by atoms with van der Waals surface area (Å²) in [7, 11) is 2.03. The fourth-order valence-corrected chi connectivity index (χ4v) is 5.94. The van der Waals surface area contributed by atoms with E-state index in [1.807, 2.05) is 90.8 Å². The van der Waals surface area contributed by atoms with Gasteiger partial charge in [-0.05, 0) is 64.6 Å². The minimum Gasteiger partial charge on any atom is -0.384 e. The van der Waals surface area contributed by atoms with Gasteiger partial charge >= 0.3 is 0 Å². The first-order valence-electron chi connectivity index (χ1n) is 15.4. The van der Waals surface area contributed by atoms with Crippen LogP contribution in [0.5, 0.6) is 0 Å². The van der Waals surface area contributed by atoms with E-state index in [1.54, 1.807) is 6.07 Å². The Morgan fingerprint density at radius 2 is 1.50 bits per heavy atom. The number of hydrogen-bond donors (Lipinski definition) is 4. The number of benzene rings is 5. The van der Waals surface area contributed by atoms with Crippen molar-refractivity contribution in [3.05, 3.63) is 143 Å². The van der Waals surface area contributed by atoms with Crippen molar-refractivity contribution in [1.29, 1.82) is 10.8 Å². The molecule has 0 spiro atoms. The lowest BCUT2D eigenvalue weighted by Gasteiger charge is -2.24. The van der Waals surface area contributed by atoms with E-state index in [9.17, 15) is 4.79 Å². The Labute approximate surface area is 268 Å². The lowest BCUT2D eigenvalue weighted by atomic mass is 10.0. The predicted octanol–water partition coefficient (Wildman–Crippen LogP) is 6.25. The largest absolute Gasteiger partial charge is 0.384 e. The van der Waals surface area contributed by atoms with Gasteiger partial charge < -0.3 is 20.9 Å². The Kier molecular flexibility index (Phi) is 8.61. The molecule has 0 aliphatic heterocycles. The number of fused-ring (bicyclic) bond motifs is 2. The van der Waals surface area contributed by atoms with E-state index < -0.39 is 0 Å². The maximum absolute atomic E-state index is 14.0. The number of nitrogens with one attached hydrogen (secondary N) is 2. The highest BCUT2D eigenvalue weighted by molar-refractivity contribution is 5.97. The van der Waals surface area contributed by atoms with Crippen LogP contribution in [0.2, 0.25) is 0 Å². The number of anilines is 1. The summed E-state index contributed by atoms with van der Waals surface area (Å²) >= 11 is 0. The number of rotatable bonds is 11. The molecule has 0 saturated carbocycles. The summed E-state index contributed by atoms with van der Waals surface area (Å²) < 4.78 is 2.11. The second kappa shape index (κ2) is 13.1. The molecule has 0 bridgehead atoms. The summed E-state index contributed by atoms with van der Waals surface area (Å²) in [6.45, 7) is 0.426. The quantitative estimate of drug-likeness (QED) is 0.102. The van der Waals surface area contributed by atoms with Crippen LogP contribution in [-0.2, 0) is 37.6 Å². The van der Waals surface area contributed by atoms with Crippen LogP contribution in [0.1, 0.15) is 40.1 Å². The number of carbonyl (C=O) groups is 1. The molecule has 0 aliphatic rings. The summed E-state index contributed by atoms with van der Waals surface area (Å²) in [6.07, 6.45) is 2.39. The van der Waals surface area contributed by atoms with Gasteiger partial charge in [-0.2, -0.15) is 0 Å². The molecule has 6 rings (SSSR count). The van der Waals surface area contributed by atoms with Crippen LogP contribution in [-0.4, -0.2) is 27.1 Å². The molecule has 1 aromatic heterocycles. The van der Waals surface area contributed by atoms with E-state index >= 15 is 0 Å². The fourth-order valence-electron chi connectivity index (χ4n) is 5.94. The number of aromatic nitrogens is 2. The monoisotopic (exact) mass is 607 g/mol. The zero-order chi connectivity index (χ0) is 32.2. The lowest BCUT2D eigenvalue weighted by molar-refractivity contribution is -0.118. The highest BCUT2D eigenvalue weighted by Crippen LogP contribution is 2.28. The average molecular weight is 608 g/mol. The molecule has 0 unspecified atom stereocenters. The van der Waals surface area contributed by atoms with Crippen LogP contribution in [0, 0.1) is 10.8 Å². The van der Waals surface area contributed by atoms with Gasteiger partial charge in [0.05, 0.1) is 17.6 Å².